The lowest BCUT2D eigenvalue weighted by Gasteiger charge is -2.13. The molecule has 0 saturated heterocycles. The van der Waals surface area contributed by atoms with Gasteiger partial charge in [-0.15, -0.1) is 0 Å². The summed E-state index contributed by atoms with van der Waals surface area (Å²) in [7, 11) is 0. The molecule has 3 rings (SSSR count). The van der Waals surface area contributed by atoms with Gasteiger partial charge in [0.05, 0.1) is 0 Å². The van der Waals surface area contributed by atoms with Crippen LogP contribution in [0.4, 0.5) is 43.9 Å². The normalized spacial score (nSPS) is 17.9. The summed E-state index contributed by atoms with van der Waals surface area (Å²) in [5.74, 6) is -6.24. The number of halogens is 6. The molecule has 170 valence electrons. The third-order valence-electron chi connectivity index (χ3n) is 3.51. The molecule has 0 bridgehead atoms. The zero-order chi connectivity index (χ0) is 31.2. The first-order valence-electron chi connectivity index (χ1n) is 12.8. The number of hydrogen-bond acceptors (Lipinski definition) is 7. The molecule has 2 N–H and O–H groups in total. The van der Waals surface area contributed by atoms with Crippen LogP contribution < -0.4 is 10.6 Å². The molecule has 7 nitrogen and oxygen atoms in total. The SMILES string of the molecule is [2H]C([2H])([2H])C([2H])(C([2H])([2H])[2H])C([2H])([2H])Nc1nc(Nc2ccnc(C(F)(F)F)c2)nc(-c2cccc(C(F)(F)F)n2)n1. The fourth-order valence-electron chi connectivity index (χ4n) is 2.23. The number of aromatic nitrogens is 5. The summed E-state index contributed by atoms with van der Waals surface area (Å²) in [6.07, 6.45) is -9.02. The molecular weight excluding hydrogens is 440 g/mol. The van der Waals surface area contributed by atoms with Crippen LogP contribution in [0.15, 0.2) is 36.5 Å². The number of anilines is 3. The van der Waals surface area contributed by atoms with Crippen LogP contribution in [0.5, 0.6) is 0 Å². The van der Waals surface area contributed by atoms with E-state index >= 15 is 0 Å². The minimum absolute atomic E-state index is 0.338. The molecule has 0 aliphatic carbocycles. The van der Waals surface area contributed by atoms with E-state index in [0.29, 0.717) is 12.1 Å². The van der Waals surface area contributed by atoms with Crippen molar-refractivity contribution in [3.63, 3.8) is 0 Å². The number of nitrogens with zero attached hydrogens (tertiary/aromatic N) is 5. The molecule has 0 spiro atoms. The van der Waals surface area contributed by atoms with Gasteiger partial charge in [0.15, 0.2) is 5.82 Å². The molecular formula is C19H17F6N7. The van der Waals surface area contributed by atoms with Gasteiger partial charge in [-0.3, -0.25) is 4.98 Å². The van der Waals surface area contributed by atoms with Gasteiger partial charge in [-0.1, -0.05) is 19.8 Å². The van der Waals surface area contributed by atoms with Crippen LogP contribution in [0.2, 0.25) is 0 Å². The lowest BCUT2D eigenvalue weighted by atomic mass is 10.2. The molecule has 0 unspecified atom stereocenters. The Labute approximate surface area is 191 Å². The van der Waals surface area contributed by atoms with Crippen LogP contribution in [0, 0.1) is 5.89 Å². The summed E-state index contributed by atoms with van der Waals surface area (Å²) in [6.45, 7) is -11.2. The monoisotopic (exact) mass is 466 g/mol. The first kappa shape index (κ1) is 13.8. The van der Waals surface area contributed by atoms with Crippen molar-refractivity contribution in [2.75, 3.05) is 17.1 Å². The van der Waals surface area contributed by atoms with E-state index in [1.807, 2.05) is 0 Å². The van der Waals surface area contributed by atoms with Gasteiger partial charge in [0.2, 0.25) is 11.9 Å². The molecule has 0 amide bonds. The summed E-state index contributed by atoms with van der Waals surface area (Å²) in [5, 5.41) is 4.08. The van der Waals surface area contributed by atoms with Gasteiger partial charge in [0, 0.05) is 30.7 Å². The highest BCUT2D eigenvalue weighted by atomic mass is 19.4. The number of hydrogen-bond donors (Lipinski definition) is 2. The second-order valence-electron chi connectivity index (χ2n) is 5.89. The van der Waals surface area contributed by atoms with E-state index in [9.17, 15) is 26.3 Å². The van der Waals surface area contributed by atoms with E-state index in [-0.39, 0.29) is 5.69 Å². The van der Waals surface area contributed by atoms with Crippen molar-refractivity contribution in [1.29, 1.82) is 0 Å². The Kier molecular flexibility index (Phi) is 3.85. The van der Waals surface area contributed by atoms with Crippen LogP contribution in [-0.2, 0) is 12.4 Å². The first-order chi connectivity index (χ1) is 18.5. The maximum atomic E-state index is 13.2. The Morgan fingerprint density at radius 2 is 1.69 bits per heavy atom. The Balaban J connectivity index is 2.18. The molecule has 32 heavy (non-hydrogen) atoms. The van der Waals surface area contributed by atoms with Gasteiger partial charge < -0.3 is 10.6 Å². The van der Waals surface area contributed by atoms with E-state index in [1.54, 1.807) is 5.32 Å². The molecule has 3 aromatic rings. The van der Waals surface area contributed by atoms with E-state index in [2.05, 4.69) is 30.2 Å². The van der Waals surface area contributed by atoms with E-state index in [4.69, 9.17) is 12.3 Å². The lowest BCUT2D eigenvalue weighted by Crippen LogP contribution is -2.14. The highest BCUT2D eigenvalue weighted by Gasteiger charge is 2.33. The van der Waals surface area contributed by atoms with Gasteiger partial charge in [-0.2, -0.15) is 41.3 Å². The zero-order valence-electron chi connectivity index (χ0n) is 24.5. The molecule has 3 aromatic heterocycles. The Bertz CT molecular complexity index is 1400. The van der Waals surface area contributed by atoms with E-state index < -0.39 is 73.3 Å². The minimum atomic E-state index is -4.92. The van der Waals surface area contributed by atoms with Crippen molar-refractivity contribution in [1.82, 2.24) is 24.9 Å². The molecule has 3 heterocycles. The van der Waals surface area contributed by atoms with Crippen molar-refractivity contribution in [2.45, 2.75) is 26.1 Å². The quantitative estimate of drug-likeness (QED) is 0.484. The highest BCUT2D eigenvalue weighted by Crippen LogP contribution is 2.31. The standard InChI is InChI=1S/C19H17F6N7/c1-10(2)9-27-16-30-15(12-4-3-5-13(29-12)18(20,21)22)31-17(32-16)28-11-6-7-26-14(8-11)19(23,24)25/h3-8,10H,9H2,1-2H3,(H2,26,27,28,30,31,32)/i1D3,2D3,9D2,10D. The molecule has 0 atom stereocenters. The maximum absolute atomic E-state index is 13.2. The van der Waals surface area contributed by atoms with Crippen LogP contribution in [0.1, 0.15) is 37.4 Å². The summed E-state index contributed by atoms with van der Waals surface area (Å²) < 4.78 is 148. The zero-order valence-corrected chi connectivity index (χ0v) is 15.5. The fraction of sp³-hybridized carbons (Fsp3) is 0.316. The Morgan fingerprint density at radius 1 is 0.969 bits per heavy atom. The first-order valence-corrected chi connectivity index (χ1v) is 8.35. The highest BCUT2D eigenvalue weighted by molar-refractivity contribution is 5.59. The van der Waals surface area contributed by atoms with Crippen LogP contribution in [0.25, 0.3) is 11.5 Å². The molecule has 0 saturated carbocycles. The number of alkyl halides is 6. The van der Waals surface area contributed by atoms with Gasteiger partial charge in [0.1, 0.15) is 17.1 Å². The van der Waals surface area contributed by atoms with Crippen LogP contribution in [0.3, 0.4) is 0 Å². The average Bonchev–Trinajstić information content (AvgIpc) is 2.80. The minimum Gasteiger partial charge on any atom is -0.354 e. The van der Waals surface area contributed by atoms with Crippen molar-refractivity contribution in [2.24, 2.45) is 5.89 Å². The topological polar surface area (TPSA) is 88.5 Å². The molecule has 0 aliphatic rings. The molecule has 0 aromatic carbocycles. The summed E-state index contributed by atoms with van der Waals surface area (Å²) in [4.78, 5) is 17.7. The lowest BCUT2D eigenvalue weighted by molar-refractivity contribution is -0.141. The second-order valence-corrected chi connectivity index (χ2v) is 5.89. The van der Waals surface area contributed by atoms with E-state index in [0.717, 1.165) is 24.4 Å². The Morgan fingerprint density at radius 3 is 2.38 bits per heavy atom. The van der Waals surface area contributed by atoms with Crippen molar-refractivity contribution >= 4 is 17.6 Å². The predicted octanol–water partition coefficient (Wildman–Crippen LogP) is 5.18. The number of rotatable bonds is 6. The van der Waals surface area contributed by atoms with Crippen molar-refractivity contribution < 1.29 is 38.7 Å². The molecule has 0 radical (unpaired) electrons. The van der Waals surface area contributed by atoms with Gasteiger partial charge in [0.25, 0.3) is 0 Å². The second kappa shape index (κ2) is 8.93. The molecule has 0 aliphatic heterocycles. The smallest absolute Gasteiger partial charge is 0.354 e. The predicted molar refractivity (Wildman–Crippen MR) is 104 cm³/mol. The maximum Gasteiger partial charge on any atom is 0.433 e. The third-order valence-corrected chi connectivity index (χ3v) is 3.51. The largest absolute Gasteiger partial charge is 0.433 e. The van der Waals surface area contributed by atoms with Crippen molar-refractivity contribution in [3.8, 4) is 11.5 Å². The fourth-order valence-corrected chi connectivity index (χ4v) is 2.23. The average molecular weight is 466 g/mol. The Hall–Kier alpha value is -3.51. The summed E-state index contributed by atoms with van der Waals surface area (Å²) in [6, 6.07) is 4.09. The van der Waals surface area contributed by atoms with Crippen LogP contribution in [-0.4, -0.2) is 31.4 Å². The van der Waals surface area contributed by atoms with Gasteiger partial charge in [-0.25, -0.2) is 4.98 Å². The van der Waals surface area contributed by atoms with Crippen molar-refractivity contribution in [3.05, 3.63) is 47.9 Å². The van der Waals surface area contributed by atoms with Gasteiger partial charge >= 0.3 is 12.4 Å². The van der Waals surface area contributed by atoms with Gasteiger partial charge in [-0.05, 0) is 30.2 Å². The third kappa shape index (κ3) is 6.02. The number of pyridine rings is 2. The molecule has 13 heteroatoms. The summed E-state index contributed by atoms with van der Waals surface area (Å²) in [5.41, 5.74) is -3.66. The summed E-state index contributed by atoms with van der Waals surface area (Å²) >= 11 is 0. The van der Waals surface area contributed by atoms with Crippen LogP contribution >= 0.6 is 0 Å². The molecule has 0 fully saturated rings. The van der Waals surface area contributed by atoms with E-state index in [1.165, 1.54) is 0 Å². The number of nitrogens with one attached hydrogen (secondary N) is 2.